The third kappa shape index (κ3) is 2.03. The summed E-state index contributed by atoms with van der Waals surface area (Å²) in [5.74, 6) is 0.945. The fourth-order valence-corrected chi connectivity index (χ4v) is 1.81. The van der Waals surface area contributed by atoms with Gasteiger partial charge in [0.25, 0.3) is 0 Å². The molecule has 1 saturated heterocycles. The van der Waals surface area contributed by atoms with Gasteiger partial charge < -0.3 is 4.74 Å². The molecule has 0 atom stereocenters. The molecule has 0 spiro atoms. The summed E-state index contributed by atoms with van der Waals surface area (Å²) in [5.41, 5.74) is 0. The number of likely N-dealkylation sites (tertiary alicyclic amines) is 1. The molecule has 2 rings (SSSR count). The van der Waals surface area contributed by atoms with Crippen LogP contribution in [-0.2, 0) is 0 Å². The fourth-order valence-electron chi connectivity index (χ4n) is 1.44. The smallest absolute Gasteiger partial charge is 0.134 e. The molecule has 1 fully saturated rings. The Morgan fingerprint density at radius 2 is 2.08 bits per heavy atom. The lowest BCUT2D eigenvalue weighted by Gasteiger charge is -2.36. The zero-order valence-electron chi connectivity index (χ0n) is 7.53. The first-order valence-electron chi connectivity index (χ1n) is 4.35. The number of halogens is 1. The van der Waals surface area contributed by atoms with Crippen LogP contribution in [0.2, 0.25) is 0 Å². The predicted octanol–water partition coefficient (Wildman–Crippen LogP) is 2.14. The van der Waals surface area contributed by atoms with Gasteiger partial charge >= 0.3 is 0 Å². The van der Waals surface area contributed by atoms with E-state index in [0.717, 1.165) is 23.3 Å². The van der Waals surface area contributed by atoms with E-state index >= 15 is 0 Å². The van der Waals surface area contributed by atoms with Crippen molar-refractivity contribution < 1.29 is 4.74 Å². The Hall–Kier alpha value is -0.540. The summed E-state index contributed by atoms with van der Waals surface area (Å²) >= 11 is 3.45. The van der Waals surface area contributed by atoms with E-state index in [-0.39, 0.29) is 0 Å². The number of benzene rings is 1. The van der Waals surface area contributed by atoms with Crippen LogP contribution in [0.3, 0.4) is 0 Å². The van der Waals surface area contributed by atoms with Crippen molar-refractivity contribution in [3.63, 3.8) is 0 Å². The van der Waals surface area contributed by atoms with Crippen molar-refractivity contribution in [3.8, 4) is 5.75 Å². The van der Waals surface area contributed by atoms with Gasteiger partial charge in [0.2, 0.25) is 0 Å². The van der Waals surface area contributed by atoms with E-state index in [4.69, 9.17) is 4.74 Å². The summed E-state index contributed by atoms with van der Waals surface area (Å²) < 4.78 is 6.79. The Balaban J connectivity index is 1.98. The molecule has 1 aliphatic rings. The average molecular weight is 242 g/mol. The molecule has 3 heteroatoms. The summed E-state index contributed by atoms with van der Waals surface area (Å²) in [6.07, 6.45) is 0.365. The summed E-state index contributed by atoms with van der Waals surface area (Å²) in [4.78, 5) is 2.24. The highest BCUT2D eigenvalue weighted by Crippen LogP contribution is 2.26. The van der Waals surface area contributed by atoms with Gasteiger partial charge in [0, 0.05) is 13.1 Å². The van der Waals surface area contributed by atoms with E-state index in [1.165, 1.54) is 0 Å². The minimum atomic E-state index is 0.365. The predicted molar refractivity (Wildman–Crippen MR) is 56.1 cm³/mol. The highest BCUT2D eigenvalue weighted by atomic mass is 79.9. The van der Waals surface area contributed by atoms with E-state index in [1.807, 2.05) is 24.3 Å². The van der Waals surface area contributed by atoms with Crippen LogP contribution in [0.5, 0.6) is 5.75 Å². The van der Waals surface area contributed by atoms with E-state index in [1.54, 1.807) is 0 Å². The van der Waals surface area contributed by atoms with Crippen LogP contribution in [0.25, 0.3) is 0 Å². The molecular formula is C10H12BrNO. The van der Waals surface area contributed by atoms with Crippen molar-refractivity contribution in [1.82, 2.24) is 4.90 Å². The van der Waals surface area contributed by atoms with Crippen molar-refractivity contribution in [2.75, 3.05) is 20.1 Å². The summed E-state index contributed by atoms with van der Waals surface area (Å²) in [6.45, 7) is 2.06. The number of hydrogen-bond donors (Lipinski definition) is 0. The molecule has 0 aliphatic carbocycles. The van der Waals surface area contributed by atoms with Crippen molar-refractivity contribution in [1.29, 1.82) is 0 Å². The number of ether oxygens (including phenoxy) is 1. The van der Waals surface area contributed by atoms with Crippen LogP contribution in [0, 0.1) is 0 Å². The highest BCUT2D eigenvalue weighted by Gasteiger charge is 2.25. The topological polar surface area (TPSA) is 12.5 Å². The molecule has 1 aromatic carbocycles. The second kappa shape index (κ2) is 3.68. The van der Waals surface area contributed by atoms with Crippen molar-refractivity contribution in [2.45, 2.75) is 6.10 Å². The first-order valence-corrected chi connectivity index (χ1v) is 5.15. The normalized spacial score (nSPS) is 18.3. The average Bonchev–Trinajstić information content (AvgIpc) is 2.06. The van der Waals surface area contributed by atoms with Crippen LogP contribution in [0.15, 0.2) is 28.7 Å². The second-order valence-electron chi connectivity index (χ2n) is 3.39. The maximum atomic E-state index is 5.76. The van der Waals surface area contributed by atoms with Crippen LogP contribution in [0.1, 0.15) is 0 Å². The molecule has 1 heterocycles. The SMILES string of the molecule is CN1CC(Oc2ccccc2Br)C1. The molecule has 0 N–H and O–H groups in total. The number of para-hydroxylation sites is 1. The van der Waals surface area contributed by atoms with Gasteiger partial charge in [-0.25, -0.2) is 0 Å². The zero-order valence-corrected chi connectivity index (χ0v) is 9.12. The number of rotatable bonds is 2. The minimum Gasteiger partial charge on any atom is -0.487 e. The van der Waals surface area contributed by atoms with Crippen LogP contribution < -0.4 is 4.74 Å². The standard InChI is InChI=1S/C10H12BrNO/c1-12-6-8(7-12)13-10-5-3-2-4-9(10)11/h2-5,8H,6-7H2,1H3. The van der Waals surface area contributed by atoms with Crippen LogP contribution >= 0.6 is 15.9 Å². The largest absolute Gasteiger partial charge is 0.487 e. The maximum Gasteiger partial charge on any atom is 0.134 e. The lowest BCUT2D eigenvalue weighted by Crippen LogP contribution is -2.51. The molecular weight excluding hydrogens is 230 g/mol. The quantitative estimate of drug-likeness (QED) is 0.787. The number of likely N-dealkylation sites (N-methyl/N-ethyl adjacent to an activating group) is 1. The van der Waals surface area contributed by atoms with E-state index in [0.29, 0.717) is 6.10 Å². The Morgan fingerprint density at radius 1 is 1.38 bits per heavy atom. The lowest BCUT2D eigenvalue weighted by atomic mass is 10.2. The van der Waals surface area contributed by atoms with Gasteiger partial charge in [0.05, 0.1) is 4.47 Å². The van der Waals surface area contributed by atoms with Gasteiger partial charge in [-0.1, -0.05) is 12.1 Å². The Morgan fingerprint density at radius 3 is 2.69 bits per heavy atom. The second-order valence-corrected chi connectivity index (χ2v) is 4.25. The summed E-state index contributed by atoms with van der Waals surface area (Å²) in [6, 6.07) is 7.96. The van der Waals surface area contributed by atoms with Crippen molar-refractivity contribution in [2.24, 2.45) is 0 Å². The minimum absolute atomic E-state index is 0.365. The van der Waals surface area contributed by atoms with Crippen molar-refractivity contribution in [3.05, 3.63) is 28.7 Å². The molecule has 0 saturated carbocycles. The van der Waals surface area contributed by atoms with E-state index < -0.39 is 0 Å². The van der Waals surface area contributed by atoms with Gasteiger partial charge in [0.15, 0.2) is 0 Å². The third-order valence-corrected chi connectivity index (χ3v) is 2.82. The lowest BCUT2D eigenvalue weighted by molar-refractivity contribution is 0.0383. The molecule has 0 radical (unpaired) electrons. The third-order valence-electron chi connectivity index (χ3n) is 2.16. The van der Waals surface area contributed by atoms with Gasteiger partial charge in [-0.2, -0.15) is 0 Å². The first kappa shape index (κ1) is 9.03. The zero-order chi connectivity index (χ0) is 9.26. The number of hydrogen-bond acceptors (Lipinski definition) is 2. The Bertz CT molecular complexity index is 297. The summed E-state index contributed by atoms with van der Waals surface area (Å²) in [7, 11) is 2.10. The van der Waals surface area contributed by atoms with Gasteiger partial charge in [-0.05, 0) is 35.1 Å². The molecule has 70 valence electrons. The first-order chi connectivity index (χ1) is 6.25. The van der Waals surface area contributed by atoms with E-state index in [9.17, 15) is 0 Å². The molecule has 0 amide bonds. The number of nitrogens with zero attached hydrogens (tertiary/aromatic N) is 1. The van der Waals surface area contributed by atoms with Gasteiger partial charge in [-0.15, -0.1) is 0 Å². The summed E-state index contributed by atoms with van der Waals surface area (Å²) in [5, 5.41) is 0. The van der Waals surface area contributed by atoms with Crippen LogP contribution in [-0.4, -0.2) is 31.1 Å². The maximum absolute atomic E-state index is 5.76. The Kier molecular flexibility index (Phi) is 2.56. The Labute approximate surface area is 86.6 Å². The van der Waals surface area contributed by atoms with Crippen molar-refractivity contribution >= 4 is 15.9 Å². The fraction of sp³-hybridized carbons (Fsp3) is 0.400. The molecule has 1 aliphatic heterocycles. The molecule has 0 aromatic heterocycles. The van der Waals surface area contributed by atoms with Crippen LogP contribution in [0.4, 0.5) is 0 Å². The molecule has 2 nitrogen and oxygen atoms in total. The van der Waals surface area contributed by atoms with Gasteiger partial charge in [0.1, 0.15) is 11.9 Å². The molecule has 0 bridgehead atoms. The molecule has 13 heavy (non-hydrogen) atoms. The monoisotopic (exact) mass is 241 g/mol. The highest BCUT2D eigenvalue weighted by molar-refractivity contribution is 9.10. The van der Waals surface area contributed by atoms with E-state index in [2.05, 4.69) is 27.9 Å². The molecule has 0 unspecified atom stereocenters. The van der Waals surface area contributed by atoms with Gasteiger partial charge in [-0.3, -0.25) is 4.90 Å². The molecule has 1 aromatic rings.